The van der Waals surface area contributed by atoms with Gasteiger partial charge in [-0.05, 0) is 50.4 Å². The monoisotopic (exact) mass is 270 g/mol. The van der Waals surface area contributed by atoms with Crippen LogP contribution in [0.4, 0.5) is 0 Å². The van der Waals surface area contributed by atoms with Gasteiger partial charge >= 0.3 is 0 Å². The molecule has 0 bridgehead atoms. The van der Waals surface area contributed by atoms with E-state index in [2.05, 4.69) is 42.7 Å². The lowest BCUT2D eigenvalue weighted by atomic mass is 9.92. The molecule has 1 heterocycles. The molecule has 4 unspecified atom stereocenters. The van der Waals surface area contributed by atoms with Crippen molar-refractivity contribution in [3.05, 3.63) is 0 Å². The summed E-state index contributed by atoms with van der Waals surface area (Å²) in [5.74, 6) is 2.10. The Balaban J connectivity index is 1.78. The minimum Gasteiger partial charge on any atom is -0.314 e. The van der Waals surface area contributed by atoms with Crippen LogP contribution in [0.1, 0.15) is 46.5 Å². The number of nitrogens with one attached hydrogen (secondary N) is 1. The molecule has 4 atom stereocenters. The average molecular weight is 270 g/mol. The third-order valence-corrected chi connectivity index (χ3v) is 5.91. The van der Waals surface area contributed by atoms with Crippen molar-refractivity contribution in [3.63, 3.8) is 0 Å². The van der Waals surface area contributed by atoms with Crippen LogP contribution in [0.3, 0.4) is 0 Å². The summed E-state index contributed by atoms with van der Waals surface area (Å²) in [7, 11) is 0. The van der Waals surface area contributed by atoms with Crippen LogP contribution in [0.5, 0.6) is 0 Å². The fourth-order valence-electron chi connectivity index (χ4n) is 3.71. The zero-order valence-corrected chi connectivity index (χ0v) is 13.1. The normalized spacial score (nSPS) is 38.2. The van der Waals surface area contributed by atoms with Crippen LogP contribution in [0.2, 0.25) is 0 Å². The van der Waals surface area contributed by atoms with Gasteiger partial charge in [0.05, 0.1) is 0 Å². The summed E-state index contributed by atoms with van der Waals surface area (Å²) in [6, 6.07) is 1.65. The smallest absolute Gasteiger partial charge is 0.0117 e. The molecule has 2 aliphatic rings. The lowest BCUT2D eigenvalue weighted by Gasteiger charge is -2.40. The first-order valence-electron chi connectivity index (χ1n) is 7.83. The van der Waals surface area contributed by atoms with Crippen LogP contribution >= 0.6 is 11.8 Å². The molecule has 0 radical (unpaired) electrons. The standard InChI is InChI=1S/C15H30N2S/c1-4-16-15-8-9-17(11-12(15)3)13-6-7-14(10-13)18-5-2/h12-16H,4-11H2,1-3H3. The molecule has 0 aromatic heterocycles. The molecular weight excluding hydrogens is 240 g/mol. The minimum atomic E-state index is 0.758. The van der Waals surface area contributed by atoms with E-state index >= 15 is 0 Å². The molecule has 0 aromatic rings. The SMILES string of the molecule is CCNC1CCN(C2CCC(SCC)C2)CC1C. The van der Waals surface area contributed by atoms with Crippen molar-refractivity contribution in [2.45, 2.75) is 63.8 Å². The van der Waals surface area contributed by atoms with E-state index in [4.69, 9.17) is 0 Å². The predicted octanol–water partition coefficient (Wildman–Crippen LogP) is 2.98. The Morgan fingerprint density at radius 1 is 1.22 bits per heavy atom. The zero-order chi connectivity index (χ0) is 13.0. The topological polar surface area (TPSA) is 15.3 Å². The Bertz CT molecular complexity index is 247. The van der Waals surface area contributed by atoms with Gasteiger partial charge in [0, 0.05) is 23.9 Å². The third kappa shape index (κ3) is 3.64. The van der Waals surface area contributed by atoms with Crippen molar-refractivity contribution in [1.29, 1.82) is 0 Å². The van der Waals surface area contributed by atoms with Gasteiger partial charge in [-0.3, -0.25) is 4.90 Å². The Hall–Kier alpha value is 0.270. The highest BCUT2D eigenvalue weighted by molar-refractivity contribution is 7.99. The number of thioether (sulfide) groups is 1. The molecule has 2 fully saturated rings. The zero-order valence-electron chi connectivity index (χ0n) is 12.3. The molecular formula is C15H30N2S. The fourth-order valence-corrected chi connectivity index (χ4v) is 4.84. The molecule has 0 spiro atoms. The van der Waals surface area contributed by atoms with Crippen molar-refractivity contribution < 1.29 is 0 Å². The van der Waals surface area contributed by atoms with Crippen molar-refractivity contribution in [2.75, 3.05) is 25.4 Å². The molecule has 0 amide bonds. The number of likely N-dealkylation sites (tertiary alicyclic amines) is 1. The summed E-state index contributed by atoms with van der Waals surface area (Å²) in [5, 5.41) is 4.59. The molecule has 2 nitrogen and oxygen atoms in total. The highest BCUT2D eigenvalue weighted by atomic mass is 32.2. The minimum absolute atomic E-state index is 0.758. The summed E-state index contributed by atoms with van der Waals surface area (Å²) in [5.41, 5.74) is 0. The van der Waals surface area contributed by atoms with E-state index in [1.807, 2.05) is 0 Å². The van der Waals surface area contributed by atoms with Crippen LogP contribution in [0, 0.1) is 5.92 Å². The summed E-state index contributed by atoms with van der Waals surface area (Å²) in [6.07, 6.45) is 5.68. The number of piperidine rings is 1. The lowest BCUT2D eigenvalue weighted by molar-refractivity contribution is 0.107. The molecule has 2 rings (SSSR count). The Morgan fingerprint density at radius 2 is 2.06 bits per heavy atom. The molecule has 18 heavy (non-hydrogen) atoms. The van der Waals surface area contributed by atoms with Crippen LogP contribution in [0.15, 0.2) is 0 Å². The van der Waals surface area contributed by atoms with Gasteiger partial charge in [0.2, 0.25) is 0 Å². The fraction of sp³-hybridized carbons (Fsp3) is 1.00. The van der Waals surface area contributed by atoms with Gasteiger partial charge in [-0.2, -0.15) is 11.8 Å². The molecule has 1 aliphatic heterocycles. The summed E-state index contributed by atoms with van der Waals surface area (Å²) in [4.78, 5) is 2.79. The molecule has 106 valence electrons. The number of hydrogen-bond acceptors (Lipinski definition) is 3. The van der Waals surface area contributed by atoms with E-state index in [9.17, 15) is 0 Å². The van der Waals surface area contributed by atoms with Crippen LogP contribution < -0.4 is 5.32 Å². The second-order valence-corrected chi connectivity index (χ2v) is 7.55. The third-order valence-electron chi connectivity index (χ3n) is 4.68. The summed E-state index contributed by atoms with van der Waals surface area (Å²) in [6.45, 7) is 10.7. The van der Waals surface area contributed by atoms with E-state index in [1.54, 1.807) is 0 Å². The van der Waals surface area contributed by atoms with Gasteiger partial charge < -0.3 is 5.32 Å². The molecule has 1 saturated heterocycles. The maximum absolute atomic E-state index is 3.64. The summed E-state index contributed by atoms with van der Waals surface area (Å²) < 4.78 is 0. The molecule has 3 heteroatoms. The van der Waals surface area contributed by atoms with E-state index < -0.39 is 0 Å². The number of rotatable bonds is 5. The first kappa shape index (κ1) is 14.7. The van der Waals surface area contributed by atoms with Gasteiger partial charge in [-0.1, -0.05) is 20.8 Å². The van der Waals surface area contributed by atoms with Crippen molar-refractivity contribution in [2.24, 2.45) is 5.92 Å². The molecule has 1 N–H and O–H groups in total. The Labute approximate surface area is 117 Å². The average Bonchev–Trinajstić information content (AvgIpc) is 2.81. The van der Waals surface area contributed by atoms with Crippen LogP contribution in [0.25, 0.3) is 0 Å². The predicted molar refractivity (Wildman–Crippen MR) is 82.4 cm³/mol. The molecule has 0 aromatic carbocycles. The van der Waals surface area contributed by atoms with Gasteiger partial charge in [-0.25, -0.2) is 0 Å². The maximum Gasteiger partial charge on any atom is 0.0117 e. The second-order valence-electron chi connectivity index (χ2n) is 5.97. The summed E-state index contributed by atoms with van der Waals surface area (Å²) >= 11 is 2.18. The highest BCUT2D eigenvalue weighted by Gasteiger charge is 2.33. The first-order chi connectivity index (χ1) is 8.74. The van der Waals surface area contributed by atoms with Crippen molar-refractivity contribution in [1.82, 2.24) is 10.2 Å². The van der Waals surface area contributed by atoms with Gasteiger partial charge in [-0.15, -0.1) is 0 Å². The molecule has 1 saturated carbocycles. The van der Waals surface area contributed by atoms with Crippen LogP contribution in [-0.4, -0.2) is 47.6 Å². The first-order valence-corrected chi connectivity index (χ1v) is 8.88. The van der Waals surface area contributed by atoms with Gasteiger partial charge in [0.1, 0.15) is 0 Å². The quantitative estimate of drug-likeness (QED) is 0.827. The van der Waals surface area contributed by atoms with E-state index in [-0.39, 0.29) is 0 Å². The highest BCUT2D eigenvalue weighted by Crippen LogP contribution is 2.34. The van der Waals surface area contributed by atoms with Crippen molar-refractivity contribution >= 4 is 11.8 Å². The maximum atomic E-state index is 3.64. The van der Waals surface area contributed by atoms with E-state index in [0.717, 1.165) is 29.8 Å². The van der Waals surface area contributed by atoms with E-state index in [0.29, 0.717) is 0 Å². The second kappa shape index (κ2) is 7.16. The van der Waals surface area contributed by atoms with Gasteiger partial charge in [0.25, 0.3) is 0 Å². The Kier molecular flexibility index (Phi) is 5.84. The number of nitrogens with zero attached hydrogens (tertiary/aromatic N) is 1. The molecule has 1 aliphatic carbocycles. The Morgan fingerprint density at radius 3 is 2.72 bits per heavy atom. The lowest BCUT2D eigenvalue weighted by Crippen LogP contribution is -2.50. The van der Waals surface area contributed by atoms with E-state index in [1.165, 1.54) is 44.5 Å². The van der Waals surface area contributed by atoms with Crippen molar-refractivity contribution in [3.8, 4) is 0 Å². The van der Waals surface area contributed by atoms with Gasteiger partial charge in [0.15, 0.2) is 0 Å². The number of hydrogen-bond donors (Lipinski definition) is 1. The largest absolute Gasteiger partial charge is 0.314 e. The van der Waals surface area contributed by atoms with Crippen LogP contribution in [-0.2, 0) is 0 Å².